The fraction of sp³-hybridized carbons (Fsp3) is 0.154. The summed E-state index contributed by atoms with van der Waals surface area (Å²) in [6.07, 6.45) is -1.05. The number of benzene rings is 1. The predicted octanol–water partition coefficient (Wildman–Crippen LogP) is 0.559. The van der Waals surface area contributed by atoms with Crippen molar-refractivity contribution in [2.24, 2.45) is 5.73 Å². The number of pyridine rings is 1. The first-order valence-corrected chi connectivity index (χ1v) is 5.61. The van der Waals surface area contributed by atoms with Gasteiger partial charge >= 0.3 is 5.97 Å². The van der Waals surface area contributed by atoms with Gasteiger partial charge in [0.2, 0.25) is 5.56 Å². The van der Waals surface area contributed by atoms with Crippen molar-refractivity contribution >= 4 is 22.8 Å². The van der Waals surface area contributed by atoms with Crippen molar-refractivity contribution in [1.82, 2.24) is 4.98 Å². The van der Waals surface area contributed by atoms with Crippen LogP contribution in [0, 0.1) is 0 Å². The molecule has 0 aliphatic carbocycles. The van der Waals surface area contributed by atoms with Gasteiger partial charge in [0.1, 0.15) is 0 Å². The molecule has 0 aliphatic rings. The molecule has 19 heavy (non-hydrogen) atoms. The van der Waals surface area contributed by atoms with Crippen LogP contribution < -0.4 is 11.3 Å². The number of H-pyrrole nitrogens is 1. The number of ether oxygens (including phenoxy) is 1. The van der Waals surface area contributed by atoms with E-state index in [0.717, 1.165) is 6.07 Å². The molecule has 0 radical (unpaired) electrons. The number of fused-ring (bicyclic) bond motifs is 1. The summed E-state index contributed by atoms with van der Waals surface area (Å²) in [6, 6.07) is 7.95. The highest BCUT2D eigenvalue weighted by Gasteiger charge is 2.18. The highest BCUT2D eigenvalue weighted by atomic mass is 16.5. The predicted molar refractivity (Wildman–Crippen MR) is 68.6 cm³/mol. The minimum Gasteiger partial charge on any atom is -0.449 e. The first-order valence-electron chi connectivity index (χ1n) is 5.61. The molecule has 2 rings (SSSR count). The topological polar surface area (TPSA) is 102 Å². The second kappa shape index (κ2) is 4.93. The third-order valence-electron chi connectivity index (χ3n) is 2.65. The van der Waals surface area contributed by atoms with E-state index in [0.29, 0.717) is 10.9 Å². The van der Waals surface area contributed by atoms with Gasteiger partial charge in [-0.25, -0.2) is 4.79 Å². The van der Waals surface area contributed by atoms with Crippen LogP contribution in [0.1, 0.15) is 17.3 Å². The van der Waals surface area contributed by atoms with E-state index in [1.165, 1.54) is 6.92 Å². The summed E-state index contributed by atoms with van der Waals surface area (Å²) in [4.78, 5) is 36.9. The Labute approximate surface area is 108 Å². The van der Waals surface area contributed by atoms with Crippen molar-refractivity contribution in [3.8, 4) is 0 Å². The zero-order chi connectivity index (χ0) is 14.0. The lowest BCUT2D eigenvalue weighted by Crippen LogP contribution is -2.30. The van der Waals surface area contributed by atoms with Crippen LogP contribution in [-0.4, -0.2) is 23.0 Å². The quantitative estimate of drug-likeness (QED) is 0.787. The average molecular weight is 260 g/mol. The standard InChI is InChI=1S/C13H12N2O4/c1-7(12(14)17)19-13(18)9-6-11(16)15-10-5-3-2-4-8(9)10/h2-7H,1H3,(H2,14,17)(H,15,16). The molecular weight excluding hydrogens is 248 g/mol. The molecule has 6 nitrogen and oxygen atoms in total. The van der Waals surface area contributed by atoms with Crippen molar-refractivity contribution in [2.75, 3.05) is 0 Å². The van der Waals surface area contributed by atoms with Gasteiger partial charge in [-0.15, -0.1) is 0 Å². The van der Waals surface area contributed by atoms with Gasteiger partial charge < -0.3 is 15.5 Å². The summed E-state index contributed by atoms with van der Waals surface area (Å²) >= 11 is 0. The lowest BCUT2D eigenvalue weighted by atomic mass is 10.1. The Kier molecular flexibility index (Phi) is 3.33. The molecule has 98 valence electrons. The zero-order valence-electron chi connectivity index (χ0n) is 10.2. The number of hydrogen-bond acceptors (Lipinski definition) is 4. The maximum atomic E-state index is 11.9. The van der Waals surface area contributed by atoms with Crippen molar-refractivity contribution < 1.29 is 14.3 Å². The smallest absolute Gasteiger partial charge is 0.339 e. The Morgan fingerprint density at radius 1 is 1.32 bits per heavy atom. The minimum absolute atomic E-state index is 0.104. The van der Waals surface area contributed by atoms with Crippen LogP contribution in [0.5, 0.6) is 0 Å². The number of nitrogens with one attached hydrogen (secondary N) is 1. The average Bonchev–Trinajstić information content (AvgIpc) is 2.37. The molecular formula is C13H12N2O4. The minimum atomic E-state index is -1.05. The van der Waals surface area contributed by atoms with Crippen LogP contribution in [0.15, 0.2) is 35.1 Å². The monoisotopic (exact) mass is 260 g/mol. The first-order chi connectivity index (χ1) is 8.99. The van der Waals surface area contributed by atoms with E-state index in [1.54, 1.807) is 24.3 Å². The fourth-order valence-electron chi connectivity index (χ4n) is 1.66. The molecule has 0 fully saturated rings. The highest BCUT2D eigenvalue weighted by molar-refractivity contribution is 6.03. The summed E-state index contributed by atoms with van der Waals surface area (Å²) in [5.74, 6) is -1.50. The van der Waals surface area contributed by atoms with Gasteiger partial charge in [0.25, 0.3) is 5.91 Å². The number of para-hydroxylation sites is 1. The van der Waals surface area contributed by atoms with Crippen molar-refractivity contribution in [1.29, 1.82) is 0 Å². The molecule has 1 aromatic heterocycles. The first kappa shape index (κ1) is 12.8. The van der Waals surface area contributed by atoms with Gasteiger partial charge in [-0.2, -0.15) is 0 Å². The summed E-state index contributed by atoms with van der Waals surface area (Å²) in [5, 5.41) is 0.545. The van der Waals surface area contributed by atoms with Crippen LogP contribution in [0.3, 0.4) is 0 Å². The van der Waals surface area contributed by atoms with Gasteiger partial charge in [-0.1, -0.05) is 18.2 Å². The summed E-state index contributed by atoms with van der Waals surface area (Å²) in [7, 11) is 0. The number of amides is 1. The molecule has 0 aliphatic heterocycles. The number of primary amides is 1. The lowest BCUT2D eigenvalue weighted by Gasteiger charge is -2.10. The van der Waals surface area contributed by atoms with Crippen LogP contribution in [-0.2, 0) is 9.53 Å². The fourth-order valence-corrected chi connectivity index (χ4v) is 1.66. The molecule has 1 atom stereocenters. The number of carbonyl (C=O) groups is 2. The number of aromatic amines is 1. The molecule has 2 aromatic rings. The Morgan fingerprint density at radius 2 is 2.00 bits per heavy atom. The molecule has 6 heteroatoms. The normalized spacial score (nSPS) is 12.1. The van der Waals surface area contributed by atoms with Crippen LogP contribution in [0.4, 0.5) is 0 Å². The molecule has 1 heterocycles. The van der Waals surface area contributed by atoms with Crippen molar-refractivity contribution in [3.05, 3.63) is 46.2 Å². The van der Waals surface area contributed by atoms with Crippen LogP contribution >= 0.6 is 0 Å². The number of rotatable bonds is 3. The van der Waals surface area contributed by atoms with Gasteiger partial charge in [-0.05, 0) is 13.0 Å². The lowest BCUT2D eigenvalue weighted by molar-refractivity contribution is -0.125. The van der Waals surface area contributed by atoms with E-state index in [2.05, 4.69) is 4.98 Å². The second-order valence-electron chi connectivity index (χ2n) is 4.04. The summed E-state index contributed by atoms with van der Waals surface area (Å²) in [5.41, 5.74) is 5.23. The summed E-state index contributed by atoms with van der Waals surface area (Å²) in [6.45, 7) is 1.37. The Balaban J connectivity index is 2.47. The molecule has 1 amide bonds. The van der Waals surface area contributed by atoms with E-state index < -0.39 is 23.5 Å². The zero-order valence-corrected chi connectivity index (χ0v) is 10.2. The number of aromatic nitrogens is 1. The van der Waals surface area contributed by atoms with Crippen molar-refractivity contribution in [2.45, 2.75) is 13.0 Å². The second-order valence-corrected chi connectivity index (χ2v) is 4.04. The molecule has 1 unspecified atom stereocenters. The van der Waals surface area contributed by atoms with Gasteiger partial charge in [-0.3, -0.25) is 9.59 Å². The molecule has 0 bridgehead atoms. The van der Waals surface area contributed by atoms with E-state index in [4.69, 9.17) is 10.5 Å². The maximum Gasteiger partial charge on any atom is 0.339 e. The number of hydrogen-bond donors (Lipinski definition) is 2. The van der Waals surface area contributed by atoms with E-state index in [1.807, 2.05) is 0 Å². The maximum absolute atomic E-state index is 11.9. The Bertz CT molecular complexity index is 705. The number of esters is 1. The van der Waals surface area contributed by atoms with Crippen molar-refractivity contribution in [3.63, 3.8) is 0 Å². The third-order valence-corrected chi connectivity index (χ3v) is 2.65. The SMILES string of the molecule is CC(OC(=O)c1cc(=O)[nH]c2ccccc12)C(N)=O. The molecule has 0 saturated heterocycles. The van der Waals surface area contributed by atoms with Gasteiger partial charge in [0, 0.05) is 17.0 Å². The van der Waals surface area contributed by atoms with Crippen LogP contribution in [0.25, 0.3) is 10.9 Å². The molecule has 1 aromatic carbocycles. The summed E-state index contributed by atoms with van der Waals surface area (Å²) < 4.78 is 4.89. The number of nitrogens with two attached hydrogens (primary N) is 1. The Morgan fingerprint density at radius 3 is 2.68 bits per heavy atom. The van der Waals surface area contributed by atoms with E-state index >= 15 is 0 Å². The molecule has 0 spiro atoms. The largest absolute Gasteiger partial charge is 0.449 e. The van der Waals surface area contributed by atoms with E-state index in [-0.39, 0.29) is 5.56 Å². The van der Waals surface area contributed by atoms with Gasteiger partial charge in [0.05, 0.1) is 5.56 Å². The molecule has 0 saturated carbocycles. The Hall–Kier alpha value is -2.63. The molecule has 3 N–H and O–H groups in total. The highest BCUT2D eigenvalue weighted by Crippen LogP contribution is 2.15. The third kappa shape index (κ3) is 2.62. The number of carbonyl (C=O) groups excluding carboxylic acids is 2. The van der Waals surface area contributed by atoms with Crippen LogP contribution in [0.2, 0.25) is 0 Å². The van der Waals surface area contributed by atoms with E-state index in [9.17, 15) is 14.4 Å². The van der Waals surface area contributed by atoms with Gasteiger partial charge in [0.15, 0.2) is 6.10 Å².